The van der Waals surface area contributed by atoms with Crippen molar-refractivity contribution < 1.29 is 19.0 Å². The van der Waals surface area contributed by atoms with Gasteiger partial charge in [0.05, 0.1) is 6.61 Å². The van der Waals surface area contributed by atoms with E-state index in [9.17, 15) is 4.79 Å². The van der Waals surface area contributed by atoms with Crippen LogP contribution in [-0.4, -0.2) is 25.3 Å². The molecule has 1 fully saturated rings. The predicted molar refractivity (Wildman–Crippen MR) is 57.6 cm³/mol. The van der Waals surface area contributed by atoms with E-state index < -0.39 is 0 Å². The molecule has 0 saturated carbocycles. The summed E-state index contributed by atoms with van der Waals surface area (Å²) >= 11 is 0. The Labute approximate surface area is 94.1 Å². The van der Waals surface area contributed by atoms with Crippen LogP contribution in [-0.2, 0) is 9.53 Å². The molecule has 1 aromatic carbocycles. The van der Waals surface area contributed by atoms with Gasteiger partial charge in [-0.15, -0.1) is 0 Å². The van der Waals surface area contributed by atoms with Gasteiger partial charge in [0.15, 0.2) is 0 Å². The number of esters is 1. The summed E-state index contributed by atoms with van der Waals surface area (Å²) in [5, 5.41) is 0. The second-order valence-corrected chi connectivity index (χ2v) is 3.57. The molecule has 1 heterocycles. The molecule has 16 heavy (non-hydrogen) atoms. The zero-order valence-electron chi connectivity index (χ0n) is 9.14. The van der Waals surface area contributed by atoms with Crippen LogP contribution in [0.3, 0.4) is 0 Å². The van der Waals surface area contributed by atoms with Gasteiger partial charge in [-0.1, -0.05) is 6.92 Å². The summed E-state index contributed by atoms with van der Waals surface area (Å²) in [7, 11) is 0. The first-order valence-corrected chi connectivity index (χ1v) is 5.33. The molecule has 1 aliphatic heterocycles. The van der Waals surface area contributed by atoms with Crippen LogP contribution in [0.1, 0.15) is 13.3 Å². The summed E-state index contributed by atoms with van der Waals surface area (Å²) in [6, 6.07) is 6.99. The maximum absolute atomic E-state index is 11.0. The summed E-state index contributed by atoms with van der Waals surface area (Å²) in [5.41, 5.74) is 0. The molecule has 0 aromatic heterocycles. The SMILES string of the molecule is CCC(=O)Oc1ccc(OC[C@@H]2CO2)cc1. The van der Waals surface area contributed by atoms with Crippen molar-refractivity contribution in [3.63, 3.8) is 0 Å². The second-order valence-electron chi connectivity index (χ2n) is 3.57. The molecule has 4 nitrogen and oxygen atoms in total. The second kappa shape index (κ2) is 4.99. The Balaban J connectivity index is 1.85. The topological polar surface area (TPSA) is 48.1 Å². The number of epoxide rings is 1. The van der Waals surface area contributed by atoms with Gasteiger partial charge in [0.1, 0.15) is 24.2 Å². The fourth-order valence-corrected chi connectivity index (χ4v) is 1.16. The first-order valence-electron chi connectivity index (χ1n) is 5.33. The maximum Gasteiger partial charge on any atom is 0.310 e. The molecule has 0 aliphatic carbocycles. The van der Waals surface area contributed by atoms with Gasteiger partial charge in [-0.25, -0.2) is 0 Å². The number of benzene rings is 1. The van der Waals surface area contributed by atoms with Crippen LogP contribution < -0.4 is 9.47 Å². The van der Waals surface area contributed by atoms with E-state index in [0.29, 0.717) is 18.8 Å². The first kappa shape index (κ1) is 11.0. The number of rotatable bonds is 5. The highest BCUT2D eigenvalue weighted by Gasteiger charge is 2.22. The molecule has 4 heteroatoms. The molecular formula is C12H14O4. The van der Waals surface area contributed by atoms with Gasteiger partial charge in [-0.2, -0.15) is 0 Å². The molecule has 0 unspecified atom stereocenters. The molecule has 1 aromatic rings. The third kappa shape index (κ3) is 3.24. The lowest BCUT2D eigenvalue weighted by Gasteiger charge is -2.05. The summed E-state index contributed by atoms with van der Waals surface area (Å²) in [6.07, 6.45) is 0.620. The Bertz CT molecular complexity index is 354. The molecule has 2 rings (SSSR count). The third-order valence-electron chi connectivity index (χ3n) is 2.18. The standard InChI is InChI=1S/C12H14O4/c1-2-12(13)16-10-5-3-9(4-6-10)14-7-11-8-15-11/h3-6,11H,2,7-8H2,1H3/t11-/m1/s1. The average Bonchev–Trinajstić information content (AvgIpc) is 3.12. The van der Waals surface area contributed by atoms with E-state index in [-0.39, 0.29) is 12.1 Å². The van der Waals surface area contributed by atoms with Gasteiger partial charge in [-0.05, 0) is 24.3 Å². The minimum atomic E-state index is -0.236. The predicted octanol–water partition coefficient (Wildman–Crippen LogP) is 1.78. The molecule has 1 aliphatic rings. The molecule has 0 N–H and O–H groups in total. The van der Waals surface area contributed by atoms with Crippen LogP contribution in [0.2, 0.25) is 0 Å². The molecular weight excluding hydrogens is 208 g/mol. The van der Waals surface area contributed by atoms with E-state index in [4.69, 9.17) is 14.2 Å². The normalized spacial score (nSPS) is 17.9. The highest BCUT2D eigenvalue weighted by atomic mass is 16.6. The van der Waals surface area contributed by atoms with Gasteiger partial charge in [-0.3, -0.25) is 4.79 Å². The minimum Gasteiger partial charge on any atom is -0.491 e. The van der Waals surface area contributed by atoms with Crippen molar-refractivity contribution in [3.8, 4) is 11.5 Å². The minimum absolute atomic E-state index is 0.236. The zero-order chi connectivity index (χ0) is 11.4. The molecule has 0 amide bonds. The van der Waals surface area contributed by atoms with Crippen molar-refractivity contribution in [3.05, 3.63) is 24.3 Å². The van der Waals surface area contributed by atoms with Crippen molar-refractivity contribution in [2.24, 2.45) is 0 Å². The van der Waals surface area contributed by atoms with Gasteiger partial charge < -0.3 is 14.2 Å². The Morgan fingerprint density at radius 3 is 2.56 bits per heavy atom. The van der Waals surface area contributed by atoms with Gasteiger partial charge >= 0.3 is 5.97 Å². The van der Waals surface area contributed by atoms with E-state index in [1.807, 2.05) is 0 Å². The summed E-state index contributed by atoms with van der Waals surface area (Å²) < 4.78 is 15.5. The fourth-order valence-electron chi connectivity index (χ4n) is 1.16. The number of ether oxygens (including phenoxy) is 3. The summed E-state index contributed by atoms with van der Waals surface area (Å²) in [4.78, 5) is 11.0. The Kier molecular flexibility index (Phi) is 3.41. The largest absolute Gasteiger partial charge is 0.491 e. The quantitative estimate of drug-likeness (QED) is 0.433. The zero-order valence-corrected chi connectivity index (χ0v) is 9.14. The highest BCUT2D eigenvalue weighted by molar-refractivity contribution is 5.71. The highest BCUT2D eigenvalue weighted by Crippen LogP contribution is 2.19. The third-order valence-corrected chi connectivity index (χ3v) is 2.18. The van der Waals surface area contributed by atoms with Crippen molar-refractivity contribution in [1.82, 2.24) is 0 Å². The molecule has 0 spiro atoms. The van der Waals surface area contributed by atoms with E-state index in [0.717, 1.165) is 12.4 Å². The van der Waals surface area contributed by atoms with Crippen LogP contribution in [0, 0.1) is 0 Å². The first-order chi connectivity index (χ1) is 7.78. The molecule has 0 radical (unpaired) electrons. The Morgan fingerprint density at radius 1 is 1.38 bits per heavy atom. The van der Waals surface area contributed by atoms with E-state index >= 15 is 0 Å². The molecule has 1 atom stereocenters. The lowest BCUT2D eigenvalue weighted by Crippen LogP contribution is -2.06. The lowest BCUT2D eigenvalue weighted by molar-refractivity contribution is -0.134. The van der Waals surface area contributed by atoms with Crippen molar-refractivity contribution in [2.75, 3.05) is 13.2 Å². The number of hydrogen-bond acceptors (Lipinski definition) is 4. The van der Waals surface area contributed by atoms with Crippen LogP contribution in [0.4, 0.5) is 0 Å². The fraction of sp³-hybridized carbons (Fsp3) is 0.417. The monoisotopic (exact) mass is 222 g/mol. The van der Waals surface area contributed by atoms with Crippen LogP contribution in [0.15, 0.2) is 24.3 Å². The van der Waals surface area contributed by atoms with Crippen molar-refractivity contribution >= 4 is 5.97 Å². The Morgan fingerprint density at radius 2 is 2.00 bits per heavy atom. The summed E-state index contributed by atoms with van der Waals surface area (Å²) in [5.74, 6) is 1.06. The maximum atomic E-state index is 11.0. The van der Waals surface area contributed by atoms with E-state index in [1.165, 1.54) is 0 Å². The van der Waals surface area contributed by atoms with Crippen LogP contribution in [0.25, 0.3) is 0 Å². The molecule has 86 valence electrons. The van der Waals surface area contributed by atoms with E-state index in [2.05, 4.69) is 0 Å². The van der Waals surface area contributed by atoms with Crippen molar-refractivity contribution in [2.45, 2.75) is 19.4 Å². The van der Waals surface area contributed by atoms with Crippen molar-refractivity contribution in [1.29, 1.82) is 0 Å². The number of hydrogen-bond donors (Lipinski definition) is 0. The molecule has 1 saturated heterocycles. The lowest BCUT2D eigenvalue weighted by atomic mass is 10.3. The van der Waals surface area contributed by atoms with Gasteiger partial charge in [0.25, 0.3) is 0 Å². The van der Waals surface area contributed by atoms with Crippen LogP contribution >= 0.6 is 0 Å². The number of carbonyl (C=O) groups is 1. The van der Waals surface area contributed by atoms with Gasteiger partial charge in [0, 0.05) is 6.42 Å². The average molecular weight is 222 g/mol. The Hall–Kier alpha value is -1.55. The van der Waals surface area contributed by atoms with E-state index in [1.54, 1.807) is 31.2 Å². The number of carbonyl (C=O) groups excluding carboxylic acids is 1. The van der Waals surface area contributed by atoms with Gasteiger partial charge in [0.2, 0.25) is 0 Å². The summed E-state index contributed by atoms with van der Waals surface area (Å²) in [6.45, 7) is 3.12. The molecule has 0 bridgehead atoms. The smallest absolute Gasteiger partial charge is 0.310 e. The van der Waals surface area contributed by atoms with Crippen LogP contribution in [0.5, 0.6) is 11.5 Å².